The summed E-state index contributed by atoms with van der Waals surface area (Å²) in [6.07, 6.45) is 2.37. The van der Waals surface area contributed by atoms with Crippen molar-refractivity contribution < 1.29 is 9.18 Å². The summed E-state index contributed by atoms with van der Waals surface area (Å²) in [5.74, 6) is 1.05. The van der Waals surface area contributed by atoms with Gasteiger partial charge in [-0.1, -0.05) is 12.1 Å². The lowest BCUT2D eigenvalue weighted by Gasteiger charge is -2.16. The number of carbonyl (C=O) groups is 1. The number of halogens is 2. The molecule has 1 atom stereocenters. The van der Waals surface area contributed by atoms with Crippen LogP contribution in [0.1, 0.15) is 18.4 Å². The molecule has 4 heteroatoms. The van der Waals surface area contributed by atoms with Gasteiger partial charge in [-0.15, -0.1) is 11.6 Å². The summed E-state index contributed by atoms with van der Waals surface area (Å²) in [7, 11) is 0. The van der Waals surface area contributed by atoms with E-state index in [-0.39, 0.29) is 11.7 Å². The van der Waals surface area contributed by atoms with Crippen molar-refractivity contribution in [2.45, 2.75) is 19.3 Å². The van der Waals surface area contributed by atoms with Crippen molar-refractivity contribution in [1.29, 1.82) is 0 Å². The normalized spacial score (nSPS) is 19.2. The van der Waals surface area contributed by atoms with E-state index in [4.69, 9.17) is 11.6 Å². The van der Waals surface area contributed by atoms with Crippen LogP contribution in [0.25, 0.3) is 0 Å². The van der Waals surface area contributed by atoms with Crippen molar-refractivity contribution in [2.75, 3.05) is 19.0 Å². The van der Waals surface area contributed by atoms with E-state index < -0.39 is 0 Å². The lowest BCUT2D eigenvalue weighted by Crippen LogP contribution is -2.30. The number of hydrogen-bond donors (Lipinski definition) is 0. The van der Waals surface area contributed by atoms with E-state index in [1.165, 1.54) is 12.1 Å². The quantitative estimate of drug-likeness (QED) is 0.770. The van der Waals surface area contributed by atoms with Crippen molar-refractivity contribution in [3.05, 3.63) is 35.6 Å². The van der Waals surface area contributed by atoms with E-state index in [1.807, 2.05) is 4.90 Å². The van der Waals surface area contributed by atoms with Gasteiger partial charge in [-0.05, 0) is 36.5 Å². The summed E-state index contributed by atoms with van der Waals surface area (Å²) in [6, 6.07) is 6.12. The Bertz CT molecular complexity index is 407. The van der Waals surface area contributed by atoms with Crippen LogP contribution in [-0.2, 0) is 11.2 Å². The third-order valence-electron chi connectivity index (χ3n) is 3.42. The highest BCUT2D eigenvalue weighted by Gasteiger charge is 2.25. The molecule has 1 saturated heterocycles. The largest absolute Gasteiger partial charge is 0.342 e. The van der Waals surface area contributed by atoms with E-state index in [2.05, 4.69) is 0 Å². The zero-order chi connectivity index (χ0) is 13.0. The summed E-state index contributed by atoms with van der Waals surface area (Å²) in [5.41, 5.74) is 0.863. The first kappa shape index (κ1) is 13.3. The smallest absolute Gasteiger partial charge is 0.226 e. The fraction of sp³-hybridized carbons (Fsp3) is 0.500. The molecule has 0 saturated carbocycles. The second-order valence-corrected chi connectivity index (χ2v) is 5.15. The lowest BCUT2D eigenvalue weighted by atomic mass is 10.1. The summed E-state index contributed by atoms with van der Waals surface area (Å²) >= 11 is 5.71. The number of carbonyl (C=O) groups excluding carboxylic acids is 1. The van der Waals surface area contributed by atoms with Crippen LogP contribution in [0.3, 0.4) is 0 Å². The number of nitrogens with zero attached hydrogens (tertiary/aromatic N) is 1. The summed E-state index contributed by atoms with van der Waals surface area (Å²) in [4.78, 5) is 13.9. The molecule has 2 rings (SSSR count). The van der Waals surface area contributed by atoms with E-state index in [0.717, 1.165) is 31.5 Å². The minimum Gasteiger partial charge on any atom is -0.342 e. The Kier molecular flexibility index (Phi) is 4.59. The monoisotopic (exact) mass is 269 g/mol. The second kappa shape index (κ2) is 6.19. The molecule has 0 radical (unpaired) electrons. The van der Waals surface area contributed by atoms with Gasteiger partial charge in [0.1, 0.15) is 5.82 Å². The Hall–Kier alpha value is -1.09. The highest BCUT2D eigenvalue weighted by Crippen LogP contribution is 2.20. The van der Waals surface area contributed by atoms with Gasteiger partial charge in [0.05, 0.1) is 6.42 Å². The molecule has 18 heavy (non-hydrogen) atoms. The number of alkyl halides is 1. The van der Waals surface area contributed by atoms with Crippen LogP contribution < -0.4 is 0 Å². The van der Waals surface area contributed by atoms with Crippen molar-refractivity contribution in [3.8, 4) is 0 Å². The fourth-order valence-electron chi connectivity index (χ4n) is 2.34. The fourth-order valence-corrected chi connectivity index (χ4v) is 2.65. The Morgan fingerprint density at radius 3 is 2.78 bits per heavy atom. The Labute approximate surface area is 112 Å². The van der Waals surface area contributed by atoms with Crippen molar-refractivity contribution >= 4 is 17.5 Å². The first-order valence-electron chi connectivity index (χ1n) is 6.27. The van der Waals surface area contributed by atoms with Gasteiger partial charge in [-0.3, -0.25) is 4.79 Å². The average molecular weight is 270 g/mol. The number of amides is 1. The Balaban J connectivity index is 1.87. The molecule has 1 aliphatic rings. The average Bonchev–Trinajstić information content (AvgIpc) is 2.81. The van der Waals surface area contributed by atoms with Crippen LogP contribution in [0.4, 0.5) is 4.39 Å². The molecular weight excluding hydrogens is 253 g/mol. The molecule has 2 nitrogen and oxygen atoms in total. The van der Waals surface area contributed by atoms with Gasteiger partial charge in [-0.25, -0.2) is 4.39 Å². The van der Waals surface area contributed by atoms with Gasteiger partial charge in [0.15, 0.2) is 0 Å². The maximum absolute atomic E-state index is 12.8. The van der Waals surface area contributed by atoms with E-state index >= 15 is 0 Å². The van der Waals surface area contributed by atoms with Crippen molar-refractivity contribution in [2.24, 2.45) is 5.92 Å². The molecule has 1 fully saturated rings. The second-order valence-electron chi connectivity index (χ2n) is 4.78. The van der Waals surface area contributed by atoms with Gasteiger partial charge in [0.25, 0.3) is 0 Å². The van der Waals surface area contributed by atoms with Crippen LogP contribution in [-0.4, -0.2) is 29.8 Å². The van der Waals surface area contributed by atoms with Gasteiger partial charge < -0.3 is 4.90 Å². The highest BCUT2D eigenvalue weighted by atomic mass is 35.5. The zero-order valence-electron chi connectivity index (χ0n) is 10.2. The highest BCUT2D eigenvalue weighted by molar-refractivity contribution is 6.17. The Morgan fingerprint density at radius 2 is 2.11 bits per heavy atom. The van der Waals surface area contributed by atoms with Crippen LogP contribution in [0.15, 0.2) is 24.3 Å². The minimum absolute atomic E-state index is 0.124. The number of likely N-dealkylation sites (tertiary alicyclic amines) is 1. The first-order valence-corrected chi connectivity index (χ1v) is 6.80. The van der Waals surface area contributed by atoms with Gasteiger partial charge in [0, 0.05) is 19.0 Å². The maximum atomic E-state index is 12.8. The predicted molar refractivity (Wildman–Crippen MR) is 70.1 cm³/mol. The number of hydrogen-bond acceptors (Lipinski definition) is 1. The SMILES string of the molecule is O=C(Cc1ccc(F)cc1)N1CCC(CCCl)C1. The third-order valence-corrected chi connectivity index (χ3v) is 3.64. The minimum atomic E-state index is -0.269. The van der Waals surface area contributed by atoms with Crippen LogP contribution >= 0.6 is 11.6 Å². The van der Waals surface area contributed by atoms with Crippen LogP contribution in [0.5, 0.6) is 0 Å². The molecule has 1 unspecified atom stereocenters. The molecular formula is C14H17ClFNO. The number of rotatable bonds is 4. The van der Waals surface area contributed by atoms with Crippen LogP contribution in [0.2, 0.25) is 0 Å². The molecule has 0 aliphatic carbocycles. The maximum Gasteiger partial charge on any atom is 0.226 e. The molecule has 1 amide bonds. The molecule has 1 aliphatic heterocycles. The Morgan fingerprint density at radius 1 is 1.39 bits per heavy atom. The predicted octanol–water partition coefficient (Wildman–Crippen LogP) is 2.85. The lowest BCUT2D eigenvalue weighted by molar-refractivity contribution is -0.129. The first-order chi connectivity index (χ1) is 8.69. The van der Waals surface area contributed by atoms with E-state index in [9.17, 15) is 9.18 Å². The van der Waals surface area contributed by atoms with Gasteiger partial charge in [0.2, 0.25) is 5.91 Å². The van der Waals surface area contributed by atoms with Gasteiger partial charge in [-0.2, -0.15) is 0 Å². The molecule has 0 bridgehead atoms. The van der Waals surface area contributed by atoms with Gasteiger partial charge >= 0.3 is 0 Å². The van der Waals surface area contributed by atoms with Crippen LogP contribution in [0, 0.1) is 11.7 Å². The molecule has 1 aromatic carbocycles. The zero-order valence-corrected chi connectivity index (χ0v) is 11.0. The standard InChI is InChI=1S/C14H17ClFNO/c15-7-5-12-6-8-17(10-12)14(18)9-11-1-3-13(16)4-2-11/h1-4,12H,5-10H2. The van der Waals surface area contributed by atoms with E-state index in [0.29, 0.717) is 18.2 Å². The molecule has 98 valence electrons. The summed E-state index contributed by atoms with van der Waals surface area (Å²) < 4.78 is 12.8. The molecule has 1 aromatic rings. The molecule has 0 N–H and O–H groups in total. The topological polar surface area (TPSA) is 20.3 Å². The van der Waals surface area contributed by atoms with E-state index in [1.54, 1.807) is 12.1 Å². The summed E-state index contributed by atoms with van der Waals surface area (Å²) in [5, 5.41) is 0. The molecule has 0 aromatic heterocycles. The molecule has 1 heterocycles. The molecule has 0 spiro atoms. The summed E-state index contributed by atoms with van der Waals surface area (Å²) in [6.45, 7) is 1.63. The van der Waals surface area contributed by atoms with Crippen molar-refractivity contribution in [3.63, 3.8) is 0 Å². The number of benzene rings is 1. The third kappa shape index (κ3) is 3.45. The van der Waals surface area contributed by atoms with Crippen molar-refractivity contribution in [1.82, 2.24) is 4.90 Å².